The maximum Gasteiger partial charge on any atom is 0.0646 e. The maximum atomic E-state index is 4.52. The smallest absolute Gasteiger partial charge is 0.0646 e. The van der Waals surface area contributed by atoms with Crippen molar-refractivity contribution in [1.82, 2.24) is 5.01 Å². The van der Waals surface area contributed by atoms with Gasteiger partial charge in [-0.05, 0) is 32.4 Å². The first-order valence-electron chi connectivity index (χ1n) is 5.04. The molecule has 0 N–H and O–H groups in total. The minimum Gasteiger partial charge on any atom is -0.297 e. The van der Waals surface area contributed by atoms with Gasteiger partial charge in [0.1, 0.15) is 0 Å². The molecule has 0 saturated heterocycles. The van der Waals surface area contributed by atoms with E-state index in [2.05, 4.69) is 25.0 Å². The van der Waals surface area contributed by atoms with Crippen LogP contribution in [0.25, 0.3) is 0 Å². The van der Waals surface area contributed by atoms with Crippen LogP contribution in [0.2, 0.25) is 0 Å². The van der Waals surface area contributed by atoms with E-state index in [1.54, 1.807) is 0 Å². The van der Waals surface area contributed by atoms with E-state index < -0.39 is 0 Å². The molecule has 0 spiro atoms. The summed E-state index contributed by atoms with van der Waals surface area (Å²) in [5.41, 5.74) is 2.22. The number of rotatable bonds is 4. The molecule has 2 nitrogen and oxygen atoms in total. The van der Waals surface area contributed by atoms with Crippen molar-refractivity contribution in [3.05, 3.63) is 35.9 Å². The minimum atomic E-state index is 0.951. The van der Waals surface area contributed by atoms with Crippen LogP contribution in [0.3, 0.4) is 0 Å². The topological polar surface area (TPSA) is 15.6 Å². The van der Waals surface area contributed by atoms with Crippen LogP contribution in [-0.2, 0) is 0 Å². The lowest BCUT2D eigenvalue weighted by Gasteiger charge is -2.15. The van der Waals surface area contributed by atoms with Gasteiger partial charge in [0, 0.05) is 13.1 Å². The Kier molecular flexibility index (Phi) is 4.17. The van der Waals surface area contributed by atoms with Crippen LogP contribution < -0.4 is 0 Å². The molecular weight excluding hydrogens is 172 g/mol. The van der Waals surface area contributed by atoms with Gasteiger partial charge in [0.2, 0.25) is 0 Å². The van der Waals surface area contributed by atoms with Gasteiger partial charge in [-0.25, -0.2) is 0 Å². The Hall–Kier alpha value is -1.31. The fourth-order valence-electron chi connectivity index (χ4n) is 1.26. The number of hydrogen-bond donors (Lipinski definition) is 0. The molecule has 0 unspecified atom stereocenters. The van der Waals surface area contributed by atoms with Crippen LogP contribution in [0.1, 0.15) is 26.3 Å². The van der Waals surface area contributed by atoms with Gasteiger partial charge in [-0.1, -0.05) is 24.3 Å². The van der Waals surface area contributed by atoms with Crippen LogP contribution >= 0.6 is 0 Å². The molecular formula is C12H17N2. The van der Waals surface area contributed by atoms with Gasteiger partial charge >= 0.3 is 0 Å². The van der Waals surface area contributed by atoms with Gasteiger partial charge in [0.25, 0.3) is 0 Å². The zero-order valence-electron chi connectivity index (χ0n) is 9.12. The van der Waals surface area contributed by atoms with Crippen LogP contribution in [0.15, 0.2) is 29.4 Å². The molecule has 0 atom stereocenters. The fourth-order valence-corrected chi connectivity index (χ4v) is 1.26. The van der Waals surface area contributed by atoms with E-state index in [-0.39, 0.29) is 0 Å². The quantitative estimate of drug-likeness (QED) is 0.525. The molecule has 0 amide bonds. The highest BCUT2D eigenvalue weighted by Crippen LogP contribution is 2.02. The van der Waals surface area contributed by atoms with E-state index in [1.807, 2.05) is 36.2 Å². The third-order valence-corrected chi connectivity index (χ3v) is 2.16. The minimum absolute atomic E-state index is 0.951. The van der Waals surface area contributed by atoms with E-state index in [0.717, 1.165) is 24.4 Å². The van der Waals surface area contributed by atoms with Gasteiger partial charge in [-0.2, -0.15) is 5.10 Å². The fraction of sp³-hybridized carbons (Fsp3) is 0.417. The Labute approximate surface area is 86.2 Å². The molecule has 1 rings (SSSR count). The van der Waals surface area contributed by atoms with Crippen molar-refractivity contribution in [1.29, 1.82) is 0 Å². The molecule has 75 valence electrons. The van der Waals surface area contributed by atoms with Crippen molar-refractivity contribution in [2.75, 3.05) is 13.1 Å². The Bertz CT molecular complexity index is 286. The van der Waals surface area contributed by atoms with Gasteiger partial charge in [0.15, 0.2) is 0 Å². The van der Waals surface area contributed by atoms with Crippen molar-refractivity contribution in [2.24, 2.45) is 5.10 Å². The average molecular weight is 189 g/mol. The Morgan fingerprint density at radius 2 is 1.86 bits per heavy atom. The summed E-state index contributed by atoms with van der Waals surface area (Å²) in [5, 5.41) is 6.57. The second-order valence-corrected chi connectivity index (χ2v) is 3.11. The van der Waals surface area contributed by atoms with Crippen LogP contribution in [0.5, 0.6) is 0 Å². The summed E-state index contributed by atoms with van der Waals surface area (Å²) in [7, 11) is 0. The maximum absolute atomic E-state index is 4.52. The summed E-state index contributed by atoms with van der Waals surface area (Å²) in [6, 6.07) is 10.9. The molecule has 1 aromatic carbocycles. The zero-order valence-corrected chi connectivity index (χ0v) is 9.12. The molecule has 0 aromatic heterocycles. The number of hydrazone groups is 1. The molecule has 0 fully saturated rings. The zero-order chi connectivity index (χ0) is 10.4. The molecule has 0 aliphatic rings. The van der Waals surface area contributed by atoms with Crippen molar-refractivity contribution in [3.63, 3.8) is 0 Å². The highest BCUT2D eigenvalue weighted by molar-refractivity contribution is 5.98. The van der Waals surface area contributed by atoms with Crippen LogP contribution in [-0.4, -0.2) is 23.8 Å². The second kappa shape index (κ2) is 5.43. The molecule has 0 bridgehead atoms. The molecule has 1 aromatic rings. The molecule has 0 heterocycles. The van der Waals surface area contributed by atoms with Gasteiger partial charge in [-0.3, -0.25) is 5.01 Å². The number of nitrogens with zero attached hydrogens (tertiary/aromatic N) is 2. The standard InChI is InChI=1S/C12H17N2/c1-4-14(5-2)13-11(3)12-9-7-6-8-10-12/h7-10H,4-5H2,1-3H3/b13-11+. The summed E-state index contributed by atoms with van der Waals surface area (Å²) >= 11 is 0. The van der Waals surface area contributed by atoms with E-state index in [4.69, 9.17) is 0 Å². The van der Waals surface area contributed by atoms with Crippen LogP contribution in [0.4, 0.5) is 0 Å². The Morgan fingerprint density at radius 3 is 2.36 bits per heavy atom. The highest BCUT2D eigenvalue weighted by atomic mass is 15.4. The van der Waals surface area contributed by atoms with E-state index >= 15 is 0 Å². The largest absolute Gasteiger partial charge is 0.297 e. The van der Waals surface area contributed by atoms with Crippen LogP contribution in [0, 0.1) is 6.07 Å². The lowest BCUT2D eigenvalue weighted by atomic mass is 10.1. The highest BCUT2D eigenvalue weighted by Gasteiger charge is 1.98. The summed E-state index contributed by atoms with van der Waals surface area (Å²) in [4.78, 5) is 0. The SMILES string of the molecule is CCN(CC)/N=C(\C)c1cc[c]cc1. The average Bonchev–Trinajstić information content (AvgIpc) is 2.26. The molecule has 0 saturated carbocycles. The molecule has 2 heteroatoms. The molecule has 0 aliphatic carbocycles. The first kappa shape index (κ1) is 10.8. The Morgan fingerprint density at radius 1 is 1.29 bits per heavy atom. The van der Waals surface area contributed by atoms with Gasteiger partial charge in [-0.15, -0.1) is 0 Å². The normalized spacial score (nSPS) is 11.5. The molecule has 1 radical (unpaired) electrons. The summed E-state index contributed by atoms with van der Waals surface area (Å²) in [6.45, 7) is 8.16. The van der Waals surface area contributed by atoms with Crippen molar-refractivity contribution in [3.8, 4) is 0 Å². The van der Waals surface area contributed by atoms with E-state index in [1.165, 1.54) is 0 Å². The summed E-state index contributed by atoms with van der Waals surface area (Å²) in [5.74, 6) is 0. The van der Waals surface area contributed by atoms with Gasteiger partial charge < -0.3 is 0 Å². The summed E-state index contributed by atoms with van der Waals surface area (Å²) in [6.07, 6.45) is 0. The predicted octanol–water partition coefficient (Wildman–Crippen LogP) is 2.55. The Balaban J connectivity index is 2.78. The monoisotopic (exact) mass is 189 g/mol. The van der Waals surface area contributed by atoms with E-state index in [9.17, 15) is 0 Å². The lowest BCUT2D eigenvalue weighted by molar-refractivity contribution is 0.321. The molecule has 0 aliphatic heterocycles. The first-order valence-corrected chi connectivity index (χ1v) is 5.04. The number of hydrogen-bond acceptors (Lipinski definition) is 2. The van der Waals surface area contributed by atoms with Crippen molar-refractivity contribution in [2.45, 2.75) is 20.8 Å². The first-order chi connectivity index (χ1) is 6.77. The summed E-state index contributed by atoms with van der Waals surface area (Å²) < 4.78 is 0. The third kappa shape index (κ3) is 2.87. The lowest BCUT2D eigenvalue weighted by Crippen LogP contribution is -2.18. The second-order valence-electron chi connectivity index (χ2n) is 3.11. The third-order valence-electron chi connectivity index (χ3n) is 2.16. The van der Waals surface area contributed by atoms with Crippen molar-refractivity contribution < 1.29 is 0 Å². The van der Waals surface area contributed by atoms with E-state index in [0.29, 0.717) is 0 Å². The predicted molar refractivity (Wildman–Crippen MR) is 60.4 cm³/mol. The van der Waals surface area contributed by atoms with Crippen molar-refractivity contribution >= 4 is 5.71 Å². The number of benzene rings is 1. The van der Waals surface area contributed by atoms with Gasteiger partial charge in [0.05, 0.1) is 5.71 Å². The molecule has 14 heavy (non-hydrogen) atoms.